The van der Waals surface area contributed by atoms with Gasteiger partial charge in [0, 0.05) is 6.04 Å². The molecule has 3 aromatic carbocycles. The molecule has 0 spiro atoms. The van der Waals surface area contributed by atoms with Crippen LogP contribution in [0.3, 0.4) is 0 Å². The van der Waals surface area contributed by atoms with Gasteiger partial charge in [-0.1, -0.05) is 48.5 Å². The molecule has 1 aromatic heterocycles. The third-order valence-corrected chi connectivity index (χ3v) is 5.81. The quantitative estimate of drug-likeness (QED) is 0.555. The SMILES string of the molecule is c1ccc2c(-c3ccc4nc([C@@H]5C[C@H]6C[C@H]6N5)[nH]c4c3)cccc2c1. The Morgan fingerprint density at radius 3 is 2.76 bits per heavy atom. The number of aromatic amines is 1. The Hall–Kier alpha value is -2.65. The van der Waals surface area contributed by atoms with Crippen LogP contribution in [0.5, 0.6) is 0 Å². The predicted molar refractivity (Wildman–Crippen MR) is 101 cm³/mol. The number of H-pyrrole nitrogens is 1. The summed E-state index contributed by atoms with van der Waals surface area (Å²) in [5.74, 6) is 1.97. The fraction of sp³-hybridized carbons (Fsp3) is 0.227. The van der Waals surface area contributed by atoms with Crippen molar-refractivity contribution in [1.29, 1.82) is 0 Å². The van der Waals surface area contributed by atoms with Crippen molar-refractivity contribution in [2.75, 3.05) is 0 Å². The number of hydrogen-bond acceptors (Lipinski definition) is 2. The van der Waals surface area contributed by atoms with Crippen LogP contribution in [-0.2, 0) is 0 Å². The first-order valence-corrected chi connectivity index (χ1v) is 9.09. The van der Waals surface area contributed by atoms with Crippen molar-refractivity contribution in [2.24, 2.45) is 5.92 Å². The molecular formula is C22H19N3. The van der Waals surface area contributed by atoms with Gasteiger partial charge in [-0.15, -0.1) is 0 Å². The van der Waals surface area contributed by atoms with E-state index in [0.29, 0.717) is 6.04 Å². The van der Waals surface area contributed by atoms with Gasteiger partial charge in [0.05, 0.1) is 17.1 Å². The van der Waals surface area contributed by atoms with E-state index < -0.39 is 0 Å². The van der Waals surface area contributed by atoms with Gasteiger partial charge in [-0.25, -0.2) is 4.98 Å². The zero-order chi connectivity index (χ0) is 16.4. The second kappa shape index (κ2) is 4.93. The van der Waals surface area contributed by atoms with E-state index >= 15 is 0 Å². The van der Waals surface area contributed by atoms with Gasteiger partial charge in [0.15, 0.2) is 0 Å². The van der Waals surface area contributed by atoms with Crippen molar-refractivity contribution < 1.29 is 0 Å². The molecule has 1 saturated heterocycles. The molecule has 25 heavy (non-hydrogen) atoms. The highest BCUT2D eigenvalue weighted by Gasteiger charge is 2.46. The van der Waals surface area contributed by atoms with Gasteiger partial charge in [-0.2, -0.15) is 0 Å². The summed E-state index contributed by atoms with van der Waals surface area (Å²) >= 11 is 0. The molecule has 0 bridgehead atoms. The smallest absolute Gasteiger partial charge is 0.124 e. The molecule has 3 atom stereocenters. The summed E-state index contributed by atoms with van der Waals surface area (Å²) in [7, 11) is 0. The van der Waals surface area contributed by atoms with E-state index in [-0.39, 0.29) is 0 Å². The molecule has 2 N–H and O–H groups in total. The van der Waals surface area contributed by atoms with Gasteiger partial charge in [-0.3, -0.25) is 0 Å². The average molecular weight is 325 g/mol. The zero-order valence-electron chi connectivity index (χ0n) is 13.9. The Bertz CT molecular complexity index is 1100. The molecule has 2 aliphatic rings. The number of benzene rings is 3. The summed E-state index contributed by atoms with van der Waals surface area (Å²) in [6.07, 6.45) is 2.57. The van der Waals surface area contributed by atoms with Crippen LogP contribution < -0.4 is 5.32 Å². The monoisotopic (exact) mass is 325 g/mol. The fourth-order valence-electron chi connectivity index (χ4n) is 4.37. The molecule has 6 rings (SSSR count). The fourth-order valence-corrected chi connectivity index (χ4v) is 4.37. The zero-order valence-corrected chi connectivity index (χ0v) is 13.9. The molecule has 122 valence electrons. The van der Waals surface area contributed by atoms with Crippen LogP contribution in [0.1, 0.15) is 24.7 Å². The molecule has 1 saturated carbocycles. The van der Waals surface area contributed by atoms with Crippen LogP contribution in [0.25, 0.3) is 32.9 Å². The molecule has 0 unspecified atom stereocenters. The summed E-state index contributed by atoms with van der Waals surface area (Å²) in [6.45, 7) is 0. The summed E-state index contributed by atoms with van der Waals surface area (Å²) in [5, 5.41) is 6.25. The topological polar surface area (TPSA) is 40.7 Å². The Morgan fingerprint density at radius 1 is 0.920 bits per heavy atom. The lowest BCUT2D eigenvalue weighted by Gasteiger charge is -2.08. The van der Waals surface area contributed by atoms with Crippen LogP contribution in [0.4, 0.5) is 0 Å². The van der Waals surface area contributed by atoms with Crippen molar-refractivity contribution in [3.63, 3.8) is 0 Å². The number of fused-ring (bicyclic) bond motifs is 3. The van der Waals surface area contributed by atoms with Crippen molar-refractivity contribution in [3.05, 3.63) is 66.5 Å². The van der Waals surface area contributed by atoms with E-state index in [1.165, 1.54) is 34.7 Å². The maximum atomic E-state index is 4.83. The first-order valence-electron chi connectivity index (χ1n) is 9.09. The minimum atomic E-state index is 0.400. The van der Waals surface area contributed by atoms with Crippen molar-refractivity contribution in [1.82, 2.24) is 15.3 Å². The number of rotatable bonds is 2. The van der Waals surface area contributed by atoms with E-state index in [1.54, 1.807) is 0 Å². The maximum Gasteiger partial charge on any atom is 0.124 e. The molecule has 1 aliphatic carbocycles. The first-order chi connectivity index (χ1) is 12.3. The normalized spacial score (nSPS) is 24.7. The second-order valence-electron chi connectivity index (χ2n) is 7.44. The van der Waals surface area contributed by atoms with Crippen LogP contribution in [-0.4, -0.2) is 16.0 Å². The third-order valence-electron chi connectivity index (χ3n) is 5.81. The first kappa shape index (κ1) is 13.6. The van der Waals surface area contributed by atoms with Crippen molar-refractivity contribution in [3.8, 4) is 11.1 Å². The Kier molecular flexibility index (Phi) is 2.69. The minimum absolute atomic E-state index is 0.400. The van der Waals surface area contributed by atoms with Gasteiger partial charge in [-0.05, 0) is 52.8 Å². The van der Waals surface area contributed by atoms with Crippen molar-refractivity contribution >= 4 is 21.8 Å². The summed E-state index contributed by atoms with van der Waals surface area (Å²) in [5.41, 5.74) is 4.70. The van der Waals surface area contributed by atoms with E-state index in [0.717, 1.165) is 28.8 Å². The number of nitrogens with zero attached hydrogens (tertiary/aromatic N) is 1. The molecular weight excluding hydrogens is 306 g/mol. The molecule has 2 heterocycles. The molecule has 3 heteroatoms. The molecule has 0 amide bonds. The summed E-state index contributed by atoms with van der Waals surface area (Å²) < 4.78 is 0. The molecule has 3 nitrogen and oxygen atoms in total. The number of imidazole rings is 1. The van der Waals surface area contributed by atoms with Crippen molar-refractivity contribution in [2.45, 2.75) is 24.9 Å². The molecule has 1 aliphatic heterocycles. The van der Waals surface area contributed by atoms with E-state index in [2.05, 4.69) is 71.0 Å². The van der Waals surface area contributed by atoms with Crippen LogP contribution >= 0.6 is 0 Å². The Morgan fingerprint density at radius 2 is 1.84 bits per heavy atom. The standard InChI is InChI=1S/C22H19N3/c1-2-6-16-13(4-1)5-3-7-17(16)14-8-9-18-20(10-14)25-22(24-18)21-12-15-11-19(15)23-21/h1-10,15,19,21,23H,11-12H2,(H,24,25)/t15-,19-,21+/m1/s1. The maximum absolute atomic E-state index is 4.83. The number of aromatic nitrogens is 2. The lowest BCUT2D eigenvalue weighted by Crippen LogP contribution is -2.18. The Balaban J connectivity index is 1.45. The predicted octanol–water partition coefficient (Wildman–Crippen LogP) is 4.81. The molecule has 0 radical (unpaired) electrons. The second-order valence-corrected chi connectivity index (χ2v) is 7.44. The highest BCUT2D eigenvalue weighted by atomic mass is 15.1. The van der Waals surface area contributed by atoms with Gasteiger partial charge in [0.2, 0.25) is 0 Å². The molecule has 2 fully saturated rings. The van der Waals surface area contributed by atoms with Gasteiger partial charge in [0.25, 0.3) is 0 Å². The lowest BCUT2D eigenvalue weighted by atomic mass is 9.98. The largest absolute Gasteiger partial charge is 0.341 e. The summed E-state index contributed by atoms with van der Waals surface area (Å²) in [4.78, 5) is 8.39. The highest BCUT2D eigenvalue weighted by molar-refractivity contribution is 5.98. The third kappa shape index (κ3) is 2.12. The van der Waals surface area contributed by atoms with Gasteiger partial charge < -0.3 is 10.3 Å². The van der Waals surface area contributed by atoms with Gasteiger partial charge in [0.1, 0.15) is 5.82 Å². The lowest BCUT2D eigenvalue weighted by molar-refractivity contribution is 0.544. The van der Waals surface area contributed by atoms with E-state index in [4.69, 9.17) is 4.98 Å². The van der Waals surface area contributed by atoms with Crippen LogP contribution in [0, 0.1) is 5.92 Å². The minimum Gasteiger partial charge on any atom is -0.341 e. The van der Waals surface area contributed by atoms with Crippen LogP contribution in [0.15, 0.2) is 60.7 Å². The van der Waals surface area contributed by atoms with E-state index in [9.17, 15) is 0 Å². The van der Waals surface area contributed by atoms with Crippen LogP contribution in [0.2, 0.25) is 0 Å². The molecule has 4 aromatic rings. The summed E-state index contributed by atoms with van der Waals surface area (Å²) in [6, 6.07) is 22.8. The highest BCUT2D eigenvalue weighted by Crippen LogP contribution is 2.45. The number of piperidine rings is 1. The van der Waals surface area contributed by atoms with Gasteiger partial charge >= 0.3 is 0 Å². The Labute approximate surface area is 146 Å². The van der Waals surface area contributed by atoms with E-state index in [1.807, 2.05) is 0 Å². The number of hydrogen-bond donors (Lipinski definition) is 2. The average Bonchev–Trinajstić information content (AvgIpc) is 3.07. The number of nitrogens with one attached hydrogen (secondary N) is 2.